The van der Waals surface area contributed by atoms with E-state index in [4.69, 9.17) is 0 Å². The van der Waals surface area contributed by atoms with E-state index in [2.05, 4.69) is 9.89 Å². The Balaban J connectivity index is 1.83. The smallest absolute Gasteiger partial charge is 0.123 e. The molecule has 17 heavy (non-hydrogen) atoms. The molecule has 3 heteroatoms. The Kier molecular flexibility index (Phi) is 2.83. The first-order valence-corrected chi connectivity index (χ1v) is 6.40. The summed E-state index contributed by atoms with van der Waals surface area (Å²) in [5.41, 5.74) is 1.22. The Hall–Kier alpha value is -1.38. The lowest BCUT2D eigenvalue weighted by Crippen LogP contribution is -2.29. The zero-order valence-electron chi connectivity index (χ0n) is 9.90. The first-order chi connectivity index (χ1) is 8.34. The average Bonchev–Trinajstić information content (AvgIpc) is 3.00. The van der Waals surface area contributed by atoms with Gasteiger partial charge in [0.25, 0.3) is 0 Å². The summed E-state index contributed by atoms with van der Waals surface area (Å²) in [6, 6.07) is 7.35. The SMILES string of the molecule is Fc1ccc(C2CCCN2C2=NCCC2)cc1. The van der Waals surface area contributed by atoms with Gasteiger partial charge in [0.2, 0.25) is 0 Å². The Morgan fingerprint density at radius 3 is 2.71 bits per heavy atom. The molecule has 0 aromatic heterocycles. The maximum atomic E-state index is 12.9. The third-order valence-corrected chi connectivity index (χ3v) is 3.69. The lowest BCUT2D eigenvalue weighted by atomic mass is 10.0. The Morgan fingerprint density at radius 1 is 1.18 bits per heavy atom. The number of aliphatic imine (C=N–C) groups is 1. The highest BCUT2D eigenvalue weighted by molar-refractivity contribution is 5.84. The average molecular weight is 232 g/mol. The maximum absolute atomic E-state index is 12.9. The lowest BCUT2D eigenvalue weighted by Gasteiger charge is -2.27. The van der Waals surface area contributed by atoms with Crippen LogP contribution in [0.5, 0.6) is 0 Å². The second-order valence-electron chi connectivity index (χ2n) is 4.80. The predicted octanol–water partition coefficient (Wildman–Crippen LogP) is 3.15. The van der Waals surface area contributed by atoms with Crippen LogP contribution in [0.2, 0.25) is 0 Å². The lowest BCUT2D eigenvalue weighted by molar-refractivity contribution is 0.394. The molecule has 1 saturated heterocycles. The fourth-order valence-corrected chi connectivity index (χ4v) is 2.87. The standard InChI is InChI=1S/C14H17FN2/c15-12-7-5-11(6-8-12)13-3-2-10-17(13)14-4-1-9-16-14/h5-8,13H,1-4,9-10H2. The molecule has 0 bridgehead atoms. The Morgan fingerprint density at radius 2 is 2.00 bits per heavy atom. The van der Waals surface area contributed by atoms with Gasteiger partial charge in [0.1, 0.15) is 5.82 Å². The van der Waals surface area contributed by atoms with Crippen LogP contribution >= 0.6 is 0 Å². The number of hydrogen-bond donors (Lipinski definition) is 0. The van der Waals surface area contributed by atoms with E-state index >= 15 is 0 Å². The molecule has 3 rings (SSSR count). The molecule has 1 fully saturated rings. The summed E-state index contributed by atoms with van der Waals surface area (Å²) in [5.74, 6) is 1.10. The van der Waals surface area contributed by atoms with Gasteiger partial charge in [-0.15, -0.1) is 0 Å². The van der Waals surface area contributed by atoms with E-state index in [1.807, 2.05) is 12.1 Å². The molecule has 90 valence electrons. The van der Waals surface area contributed by atoms with E-state index in [0.717, 1.165) is 25.9 Å². The molecule has 0 N–H and O–H groups in total. The monoisotopic (exact) mass is 232 g/mol. The van der Waals surface area contributed by atoms with Crippen LogP contribution in [0.3, 0.4) is 0 Å². The van der Waals surface area contributed by atoms with Gasteiger partial charge in [-0.1, -0.05) is 12.1 Å². The quantitative estimate of drug-likeness (QED) is 0.726. The van der Waals surface area contributed by atoms with Crippen LogP contribution in [0, 0.1) is 5.82 Å². The first-order valence-electron chi connectivity index (χ1n) is 6.40. The molecule has 2 heterocycles. The second kappa shape index (κ2) is 4.47. The zero-order chi connectivity index (χ0) is 11.7. The minimum atomic E-state index is -0.156. The molecule has 0 aliphatic carbocycles. The van der Waals surface area contributed by atoms with Crippen molar-refractivity contribution in [1.29, 1.82) is 0 Å². The molecule has 0 saturated carbocycles. The van der Waals surface area contributed by atoms with Crippen LogP contribution in [0.15, 0.2) is 29.3 Å². The van der Waals surface area contributed by atoms with E-state index in [1.165, 1.54) is 24.2 Å². The fourth-order valence-electron chi connectivity index (χ4n) is 2.87. The number of rotatable bonds is 1. The van der Waals surface area contributed by atoms with E-state index in [1.54, 1.807) is 12.1 Å². The molecule has 1 aromatic carbocycles. The van der Waals surface area contributed by atoms with E-state index in [0.29, 0.717) is 6.04 Å². The molecule has 0 spiro atoms. The maximum Gasteiger partial charge on any atom is 0.123 e. The summed E-state index contributed by atoms with van der Waals surface area (Å²) in [6.45, 7) is 2.07. The van der Waals surface area contributed by atoms with Crippen molar-refractivity contribution in [2.75, 3.05) is 13.1 Å². The third kappa shape index (κ3) is 2.06. The third-order valence-electron chi connectivity index (χ3n) is 3.69. The van der Waals surface area contributed by atoms with Crippen molar-refractivity contribution in [3.63, 3.8) is 0 Å². The molecule has 2 nitrogen and oxygen atoms in total. The van der Waals surface area contributed by atoms with E-state index < -0.39 is 0 Å². The van der Waals surface area contributed by atoms with Gasteiger partial charge in [-0.25, -0.2) is 4.39 Å². The molecular formula is C14H17FN2. The molecule has 2 aliphatic heterocycles. The largest absolute Gasteiger partial charge is 0.353 e. The van der Waals surface area contributed by atoms with E-state index in [-0.39, 0.29) is 5.82 Å². The van der Waals surface area contributed by atoms with Crippen LogP contribution in [0.25, 0.3) is 0 Å². The number of amidine groups is 1. The van der Waals surface area contributed by atoms with Crippen molar-refractivity contribution in [3.05, 3.63) is 35.6 Å². The Bertz CT molecular complexity index is 424. The number of benzene rings is 1. The summed E-state index contributed by atoms with van der Waals surface area (Å²) < 4.78 is 12.9. The van der Waals surface area contributed by atoms with Gasteiger partial charge in [-0.3, -0.25) is 4.99 Å². The highest BCUT2D eigenvalue weighted by atomic mass is 19.1. The minimum absolute atomic E-state index is 0.156. The molecule has 1 atom stereocenters. The van der Waals surface area contributed by atoms with Crippen molar-refractivity contribution in [3.8, 4) is 0 Å². The van der Waals surface area contributed by atoms with Gasteiger partial charge in [-0.2, -0.15) is 0 Å². The van der Waals surface area contributed by atoms with E-state index in [9.17, 15) is 4.39 Å². The van der Waals surface area contributed by atoms with Crippen molar-refractivity contribution in [1.82, 2.24) is 4.90 Å². The topological polar surface area (TPSA) is 15.6 Å². The van der Waals surface area contributed by atoms with Gasteiger partial charge in [-0.05, 0) is 37.0 Å². The summed E-state index contributed by atoms with van der Waals surface area (Å²) in [7, 11) is 0. The highest BCUT2D eigenvalue weighted by Crippen LogP contribution is 2.33. The fraction of sp³-hybridized carbons (Fsp3) is 0.500. The number of hydrogen-bond acceptors (Lipinski definition) is 2. The zero-order valence-corrected chi connectivity index (χ0v) is 9.90. The highest BCUT2D eigenvalue weighted by Gasteiger charge is 2.29. The summed E-state index contributed by atoms with van der Waals surface area (Å²) in [6.07, 6.45) is 4.66. The predicted molar refractivity (Wildman–Crippen MR) is 66.6 cm³/mol. The Labute approximate surface area is 101 Å². The molecular weight excluding hydrogens is 215 g/mol. The van der Waals surface area contributed by atoms with Crippen LogP contribution in [-0.4, -0.2) is 23.8 Å². The summed E-state index contributed by atoms with van der Waals surface area (Å²) >= 11 is 0. The van der Waals surface area contributed by atoms with Gasteiger partial charge < -0.3 is 4.90 Å². The summed E-state index contributed by atoms with van der Waals surface area (Å²) in [5, 5.41) is 0. The second-order valence-corrected chi connectivity index (χ2v) is 4.80. The molecule has 0 radical (unpaired) electrons. The molecule has 1 aromatic rings. The molecule has 0 amide bonds. The van der Waals surface area contributed by atoms with Crippen molar-refractivity contribution in [2.45, 2.75) is 31.7 Å². The molecule has 2 aliphatic rings. The van der Waals surface area contributed by atoms with Gasteiger partial charge in [0.15, 0.2) is 0 Å². The minimum Gasteiger partial charge on any atom is -0.353 e. The molecule has 1 unspecified atom stereocenters. The van der Waals surface area contributed by atoms with Crippen LogP contribution in [0.4, 0.5) is 4.39 Å². The van der Waals surface area contributed by atoms with Gasteiger partial charge in [0.05, 0.1) is 11.9 Å². The van der Waals surface area contributed by atoms with Crippen LogP contribution < -0.4 is 0 Å². The van der Waals surface area contributed by atoms with Crippen molar-refractivity contribution >= 4 is 5.84 Å². The normalized spacial score (nSPS) is 24.2. The first kappa shape index (κ1) is 10.8. The van der Waals surface area contributed by atoms with Crippen molar-refractivity contribution < 1.29 is 4.39 Å². The number of halogens is 1. The van der Waals surface area contributed by atoms with Crippen molar-refractivity contribution in [2.24, 2.45) is 4.99 Å². The van der Waals surface area contributed by atoms with Gasteiger partial charge in [0, 0.05) is 19.5 Å². The van der Waals surface area contributed by atoms with Gasteiger partial charge >= 0.3 is 0 Å². The van der Waals surface area contributed by atoms with Crippen LogP contribution in [0.1, 0.15) is 37.3 Å². The number of nitrogens with zero attached hydrogens (tertiary/aromatic N) is 2. The summed E-state index contributed by atoms with van der Waals surface area (Å²) in [4.78, 5) is 7.00. The van der Waals surface area contributed by atoms with Crippen LogP contribution in [-0.2, 0) is 0 Å². The number of likely N-dealkylation sites (tertiary alicyclic amines) is 1.